The van der Waals surface area contributed by atoms with Gasteiger partial charge in [-0.1, -0.05) is 23.7 Å². The maximum Gasteiger partial charge on any atom is 0.0969 e. The number of nitrogens with zero attached hydrogens (tertiary/aromatic N) is 1. The van der Waals surface area contributed by atoms with Crippen LogP contribution in [0, 0.1) is 0 Å². The third-order valence-electron chi connectivity index (χ3n) is 2.65. The van der Waals surface area contributed by atoms with Gasteiger partial charge in [-0.3, -0.25) is 5.10 Å². The first kappa shape index (κ1) is 8.95. The highest BCUT2D eigenvalue weighted by atomic mass is 35.5. The van der Waals surface area contributed by atoms with Crippen molar-refractivity contribution in [2.45, 2.75) is 13.1 Å². The number of H-pyrrole nitrogens is 1. The van der Waals surface area contributed by atoms with E-state index >= 15 is 0 Å². The van der Waals surface area contributed by atoms with Gasteiger partial charge in [-0.25, -0.2) is 0 Å². The second kappa shape index (κ2) is 3.36. The van der Waals surface area contributed by atoms with Crippen molar-refractivity contribution in [3.63, 3.8) is 0 Å². The van der Waals surface area contributed by atoms with Gasteiger partial charge < -0.3 is 5.32 Å². The molecule has 1 aliphatic rings. The van der Waals surface area contributed by atoms with Crippen LogP contribution >= 0.6 is 11.6 Å². The van der Waals surface area contributed by atoms with Crippen LogP contribution in [0.3, 0.4) is 0 Å². The van der Waals surface area contributed by atoms with E-state index in [1.807, 2.05) is 24.3 Å². The summed E-state index contributed by atoms with van der Waals surface area (Å²) in [6.07, 6.45) is 0. The molecule has 0 aliphatic carbocycles. The lowest BCUT2D eigenvalue weighted by atomic mass is 10.1. The molecular formula is C11H10ClN3. The molecule has 0 unspecified atom stereocenters. The van der Waals surface area contributed by atoms with Crippen LogP contribution in [0.15, 0.2) is 24.3 Å². The van der Waals surface area contributed by atoms with Gasteiger partial charge in [0.1, 0.15) is 0 Å². The summed E-state index contributed by atoms with van der Waals surface area (Å²) in [5.41, 5.74) is 4.53. The molecule has 3 nitrogen and oxygen atoms in total. The zero-order chi connectivity index (χ0) is 10.3. The van der Waals surface area contributed by atoms with E-state index in [0.717, 1.165) is 29.4 Å². The van der Waals surface area contributed by atoms with Crippen LogP contribution in [0.2, 0.25) is 5.02 Å². The molecule has 0 saturated carbocycles. The number of hydrogen-bond donors (Lipinski definition) is 2. The predicted molar refractivity (Wildman–Crippen MR) is 59.6 cm³/mol. The Bertz CT molecular complexity index is 504. The second-order valence-electron chi connectivity index (χ2n) is 3.64. The maximum absolute atomic E-state index is 5.96. The Hall–Kier alpha value is -1.32. The van der Waals surface area contributed by atoms with Gasteiger partial charge in [0.05, 0.1) is 11.4 Å². The van der Waals surface area contributed by atoms with Crippen LogP contribution in [-0.2, 0) is 13.1 Å². The Morgan fingerprint density at radius 1 is 1.27 bits per heavy atom. The first-order valence-corrected chi connectivity index (χ1v) is 5.25. The number of aromatic amines is 1. The van der Waals surface area contributed by atoms with Gasteiger partial charge in [0.2, 0.25) is 0 Å². The highest BCUT2D eigenvalue weighted by Gasteiger charge is 2.18. The van der Waals surface area contributed by atoms with Gasteiger partial charge >= 0.3 is 0 Å². The molecule has 0 amide bonds. The predicted octanol–water partition coefficient (Wildman–Crippen LogP) is 2.33. The topological polar surface area (TPSA) is 40.7 Å². The molecular weight excluding hydrogens is 210 g/mol. The highest BCUT2D eigenvalue weighted by molar-refractivity contribution is 6.30. The summed E-state index contributed by atoms with van der Waals surface area (Å²) < 4.78 is 0. The lowest BCUT2D eigenvalue weighted by molar-refractivity contribution is 0.743. The fourth-order valence-electron chi connectivity index (χ4n) is 1.92. The van der Waals surface area contributed by atoms with Crippen molar-refractivity contribution in [1.82, 2.24) is 15.5 Å². The van der Waals surface area contributed by atoms with Crippen LogP contribution in [0.25, 0.3) is 11.3 Å². The van der Waals surface area contributed by atoms with Crippen molar-refractivity contribution in [2.24, 2.45) is 0 Å². The molecule has 2 aromatic rings. The number of rotatable bonds is 1. The molecule has 2 heterocycles. The summed E-state index contributed by atoms with van der Waals surface area (Å²) in [5.74, 6) is 0. The van der Waals surface area contributed by atoms with E-state index < -0.39 is 0 Å². The molecule has 1 aliphatic heterocycles. The number of aromatic nitrogens is 2. The van der Waals surface area contributed by atoms with E-state index in [0.29, 0.717) is 0 Å². The minimum Gasteiger partial charge on any atom is -0.307 e. The third-order valence-corrected chi connectivity index (χ3v) is 2.89. The molecule has 1 aromatic heterocycles. The number of benzene rings is 1. The van der Waals surface area contributed by atoms with Gasteiger partial charge in [0.15, 0.2) is 0 Å². The van der Waals surface area contributed by atoms with E-state index in [1.54, 1.807) is 0 Å². The van der Waals surface area contributed by atoms with Crippen molar-refractivity contribution >= 4 is 11.6 Å². The Morgan fingerprint density at radius 2 is 2.20 bits per heavy atom. The average molecular weight is 220 g/mol. The lowest BCUT2D eigenvalue weighted by Crippen LogP contribution is -2.02. The quantitative estimate of drug-likeness (QED) is 0.773. The first-order chi connectivity index (χ1) is 7.34. The molecule has 4 heteroatoms. The first-order valence-electron chi connectivity index (χ1n) is 4.87. The summed E-state index contributed by atoms with van der Waals surface area (Å²) in [7, 11) is 0. The van der Waals surface area contributed by atoms with Gasteiger partial charge in [-0.05, 0) is 12.1 Å². The number of fused-ring (bicyclic) bond motifs is 1. The fraction of sp³-hybridized carbons (Fsp3) is 0.182. The number of hydrogen-bond acceptors (Lipinski definition) is 2. The van der Waals surface area contributed by atoms with Crippen LogP contribution in [-0.4, -0.2) is 10.2 Å². The van der Waals surface area contributed by atoms with Crippen LogP contribution < -0.4 is 5.32 Å². The van der Waals surface area contributed by atoms with Crippen molar-refractivity contribution in [1.29, 1.82) is 0 Å². The minimum atomic E-state index is 0.746. The maximum atomic E-state index is 5.96. The molecule has 0 saturated heterocycles. The standard InChI is InChI=1S/C11H10ClN3/c12-8-3-1-2-7(4-8)11-9-5-13-6-10(9)14-15-11/h1-4,13H,5-6H2,(H,14,15). The fourth-order valence-corrected chi connectivity index (χ4v) is 2.12. The summed E-state index contributed by atoms with van der Waals surface area (Å²) >= 11 is 5.96. The monoisotopic (exact) mass is 219 g/mol. The van der Waals surface area contributed by atoms with E-state index in [9.17, 15) is 0 Å². The summed E-state index contributed by atoms with van der Waals surface area (Å²) in [6.45, 7) is 1.76. The Labute approximate surface area is 92.5 Å². The second-order valence-corrected chi connectivity index (χ2v) is 4.08. The molecule has 76 valence electrons. The Balaban J connectivity index is 2.13. The van der Waals surface area contributed by atoms with Crippen molar-refractivity contribution in [2.75, 3.05) is 0 Å². The lowest BCUT2D eigenvalue weighted by Gasteiger charge is -1.99. The minimum absolute atomic E-state index is 0.746. The molecule has 3 rings (SSSR count). The summed E-state index contributed by atoms with van der Waals surface area (Å²) in [6, 6.07) is 7.79. The zero-order valence-electron chi connectivity index (χ0n) is 8.05. The normalized spacial score (nSPS) is 14.2. The van der Waals surface area contributed by atoms with Gasteiger partial charge in [0.25, 0.3) is 0 Å². The van der Waals surface area contributed by atoms with Crippen LogP contribution in [0.5, 0.6) is 0 Å². The molecule has 0 bridgehead atoms. The Morgan fingerprint density at radius 3 is 3.07 bits per heavy atom. The highest BCUT2D eigenvalue weighted by Crippen LogP contribution is 2.28. The molecule has 2 N–H and O–H groups in total. The molecule has 0 atom stereocenters. The van der Waals surface area contributed by atoms with E-state index in [4.69, 9.17) is 11.6 Å². The number of halogens is 1. The van der Waals surface area contributed by atoms with Crippen LogP contribution in [0.1, 0.15) is 11.3 Å². The molecule has 0 fully saturated rings. The van der Waals surface area contributed by atoms with E-state index in [1.165, 1.54) is 11.3 Å². The summed E-state index contributed by atoms with van der Waals surface area (Å²) in [4.78, 5) is 0. The smallest absolute Gasteiger partial charge is 0.0969 e. The molecule has 15 heavy (non-hydrogen) atoms. The Kier molecular flexibility index (Phi) is 2.01. The zero-order valence-corrected chi connectivity index (χ0v) is 8.80. The third kappa shape index (κ3) is 1.44. The van der Waals surface area contributed by atoms with Crippen molar-refractivity contribution in [3.05, 3.63) is 40.5 Å². The van der Waals surface area contributed by atoms with Crippen molar-refractivity contribution in [3.8, 4) is 11.3 Å². The summed E-state index contributed by atoms with van der Waals surface area (Å²) in [5, 5.41) is 11.4. The average Bonchev–Trinajstić information content (AvgIpc) is 2.77. The largest absolute Gasteiger partial charge is 0.307 e. The van der Waals surface area contributed by atoms with Gasteiger partial charge in [-0.15, -0.1) is 0 Å². The van der Waals surface area contributed by atoms with E-state index in [-0.39, 0.29) is 0 Å². The van der Waals surface area contributed by atoms with Crippen molar-refractivity contribution < 1.29 is 0 Å². The van der Waals surface area contributed by atoms with E-state index in [2.05, 4.69) is 15.5 Å². The number of nitrogens with one attached hydrogen (secondary N) is 2. The molecule has 1 aromatic carbocycles. The van der Waals surface area contributed by atoms with Crippen LogP contribution in [0.4, 0.5) is 0 Å². The SMILES string of the molecule is Clc1cccc(-c2n[nH]c3c2CNC3)c1. The molecule has 0 radical (unpaired) electrons. The van der Waals surface area contributed by atoms with Gasteiger partial charge in [0, 0.05) is 29.2 Å². The van der Waals surface area contributed by atoms with Gasteiger partial charge in [-0.2, -0.15) is 5.10 Å². The molecule has 0 spiro atoms.